The molecule has 2 aromatic carbocycles. The van der Waals surface area contributed by atoms with Crippen molar-refractivity contribution in [1.82, 2.24) is 34.9 Å². The lowest BCUT2D eigenvalue weighted by Gasteiger charge is -2.21. The molecule has 0 radical (unpaired) electrons. The van der Waals surface area contributed by atoms with E-state index in [0.29, 0.717) is 18.8 Å². The van der Waals surface area contributed by atoms with Crippen LogP contribution in [-0.4, -0.2) is 48.6 Å². The molecule has 1 atom stereocenters. The molecule has 1 aliphatic rings. The molecule has 0 bridgehead atoms. The molecule has 2 aromatic heterocycles. The quantitative estimate of drug-likeness (QED) is 0.455. The fourth-order valence-electron chi connectivity index (χ4n) is 4.41. The van der Waals surface area contributed by atoms with E-state index in [9.17, 15) is 9.18 Å². The van der Waals surface area contributed by atoms with Crippen molar-refractivity contribution in [1.29, 1.82) is 0 Å². The van der Waals surface area contributed by atoms with Gasteiger partial charge < -0.3 is 9.88 Å². The van der Waals surface area contributed by atoms with Crippen molar-refractivity contribution in [2.45, 2.75) is 31.8 Å². The van der Waals surface area contributed by atoms with Crippen LogP contribution in [0.4, 0.5) is 4.39 Å². The number of hydrogen-bond donors (Lipinski definition) is 2. The molecule has 1 aliphatic heterocycles. The number of imidazole rings is 1. The smallest absolute Gasteiger partial charge is 0.234 e. The summed E-state index contributed by atoms with van der Waals surface area (Å²) in [4.78, 5) is 24.1. The van der Waals surface area contributed by atoms with Crippen molar-refractivity contribution in [3.05, 3.63) is 77.4 Å². The fraction of sp³-hybridized carbons (Fsp3) is 0.333. The predicted molar refractivity (Wildman–Crippen MR) is 122 cm³/mol. The number of hydrogen-bond acceptors (Lipinski definition) is 5. The van der Waals surface area contributed by atoms with Crippen LogP contribution in [0, 0.1) is 5.82 Å². The minimum atomic E-state index is -0.256. The number of fused-ring (bicyclic) bond motifs is 1. The zero-order chi connectivity index (χ0) is 22.8. The van der Waals surface area contributed by atoms with Crippen LogP contribution >= 0.6 is 0 Å². The standard InChI is InChI=1S/C24H26FN7O/c1-31-19-6-3-2-5-18(19)27-22(31)14-26-23(33)15-32-12-4-7-20(32)24-28-21(29-30-24)13-16-8-10-17(25)11-9-16/h2-3,5-6,8-11,20H,4,7,12-15H2,1H3,(H,26,33)(H,28,29,30)/t20-/m0/s1. The monoisotopic (exact) mass is 447 g/mol. The number of amides is 1. The van der Waals surface area contributed by atoms with Gasteiger partial charge in [-0.2, -0.15) is 5.10 Å². The molecule has 1 fully saturated rings. The van der Waals surface area contributed by atoms with E-state index in [1.54, 1.807) is 12.1 Å². The lowest BCUT2D eigenvalue weighted by molar-refractivity contribution is -0.122. The first kappa shape index (κ1) is 21.3. The molecular weight excluding hydrogens is 421 g/mol. The number of rotatable bonds is 7. The number of carbonyl (C=O) groups excluding carboxylic acids is 1. The highest BCUT2D eigenvalue weighted by Gasteiger charge is 2.30. The molecule has 1 saturated heterocycles. The largest absolute Gasteiger partial charge is 0.348 e. The Bertz CT molecular complexity index is 1260. The maximum absolute atomic E-state index is 13.1. The van der Waals surface area contributed by atoms with E-state index >= 15 is 0 Å². The van der Waals surface area contributed by atoms with Crippen molar-refractivity contribution < 1.29 is 9.18 Å². The Balaban J connectivity index is 1.19. The fourth-order valence-corrected chi connectivity index (χ4v) is 4.41. The van der Waals surface area contributed by atoms with Crippen LogP contribution in [0.3, 0.4) is 0 Å². The van der Waals surface area contributed by atoms with Crippen LogP contribution in [-0.2, 0) is 24.8 Å². The second-order valence-corrected chi connectivity index (χ2v) is 8.42. The third-order valence-electron chi connectivity index (χ3n) is 6.17. The van der Waals surface area contributed by atoms with E-state index < -0.39 is 0 Å². The first-order chi connectivity index (χ1) is 16.1. The molecule has 1 amide bonds. The molecule has 3 heterocycles. The average Bonchev–Trinajstić information content (AvgIpc) is 3.54. The molecule has 0 spiro atoms. The number of nitrogens with one attached hydrogen (secondary N) is 2. The Morgan fingerprint density at radius 1 is 1.18 bits per heavy atom. The maximum atomic E-state index is 13.1. The molecule has 0 unspecified atom stereocenters. The van der Waals surface area contributed by atoms with E-state index in [-0.39, 0.29) is 24.3 Å². The van der Waals surface area contributed by atoms with Crippen LogP contribution in [0.2, 0.25) is 0 Å². The van der Waals surface area contributed by atoms with Gasteiger partial charge in [-0.25, -0.2) is 14.4 Å². The number of aryl methyl sites for hydroxylation is 1. The number of halogens is 1. The number of aromatic nitrogens is 5. The zero-order valence-corrected chi connectivity index (χ0v) is 18.5. The number of benzene rings is 2. The van der Waals surface area contributed by atoms with Gasteiger partial charge in [0.05, 0.1) is 30.2 Å². The van der Waals surface area contributed by atoms with E-state index in [4.69, 9.17) is 0 Å². The number of aromatic amines is 1. The van der Waals surface area contributed by atoms with Gasteiger partial charge >= 0.3 is 0 Å². The molecule has 0 saturated carbocycles. The Morgan fingerprint density at radius 3 is 2.82 bits per heavy atom. The minimum Gasteiger partial charge on any atom is -0.348 e. The topological polar surface area (TPSA) is 91.7 Å². The van der Waals surface area contributed by atoms with Gasteiger partial charge in [0.25, 0.3) is 0 Å². The minimum absolute atomic E-state index is 0.00437. The van der Waals surface area contributed by atoms with Crippen LogP contribution in [0.15, 0.2) is 48.5 Å². The third-order valence-corrected chi connectivity index (χ3v) is 6.17. The van der Waals surface area contributed by atoms with Crippen LogP contribution in [0.5, 0.6) is 0 Å². The van der Waals surface area contributed by atoms with E-state index in [2.05, 4.69) is 30.4 Å². The highest BCUT2D eigenvalue weighted by Crippen LogP contribution is 2.29. The molecule has 33 heavy (non-hydrogen) atoms. The van der Waals surface area contributed by atoms with Crippen molar-refractivity contribution in [2.24, 2.45) is 7.05 Å². The summed E-state index contributed by atoms with van der Waals surface area (Å²) in [6.07, 6.45) is 2.45. The lowest BCUT2D eigenvalue weighted by Crippen LogP contribution is -2.37. The Hall–Kier alpha value is -3.59. The van der Waals surface area contributed by atoms with Crippen molar-refractivity contribution in [3.8, 4) is 0 Å². The van der Waals surface area contributed by atoms with Crippen LogP contribution in [0.1, 0.15) is 41.9 Å². The summed E-state index contributed by atoms with van der Waals surface area (Å²) in [5.74, 6) is 1.95. The highest BCUT2D eigenvalue weighted by molar-refractivity contribution is 5.78. The molecular formula is C24H26FN7O. The van der Waals surface area contributed by atoms with Gasteiger partial charge in [-0.05, 0) is 49.2 Å². The second-order valence-electron chi connectivity index (χ2n) is 8.42. The van der Waals surface area contributed by atoms with E-state index in [1.165, 1.54) is 12.1 Å². The number of para-hydroxylation sites is 2. The summed E-state index contributed by atoms with van der Waals surface area (Å²) in [6, 6.07) is 14.3. The van der Waals surface area contributed by atoms with Gasteiger partial charge in [0.15, 0.2) is 5.82 Å². The zero-order valence-electron chi connectivity index (χ0n) is 18.5. The normalized spacial score (nSPS) is 16.5. The van der Waals surface area contributed by atoms with E-state index in [0.717, 1.165) is 47.6 Å². The average molecular weight is 448 g/mol. The van der Waals surface area contributed by atoms with Gasteiger partial charge in [-0.1, -0.05) is 24.3 Å². The number of H-pyrrole nitrogens is 1. The van der Waals surface area contributed by atoms with Crippen molar-refractivity contribution in [3.63, 3.8) is 0 Å². The van der Waals surface area contributed by atoms with Gasteiger partial charge in [-0.15, -0.1) is 0 Å². The molecule has 0 aliphatic carbocycles. The van der Waals surface area contributed by atoms with Gasteiger partial charge in [0, 0.05) is 13.5 Å². The summed E-state index contributed by atoms with van der Waals surface area (Å²) < 4.78 is 15.1. The second kappa shape index (κ2) is 9.11. The summed E-state index contributed by atoms with van der Waals surface area (Å²) in [7, 11) is 1.96. The molecule has 5 rings (SSSR count). The van der Waals surface area contributed by atoms with Crippen molar-refractivity contribution >= 4 is 16.9 Å². The first-order valence-electron chi connectivity index (χ1n) is 11.1. The highest BCUT2D eigenvalue weighted by atomic mass is 19.1. The first-order valence-corrected chi connectivity index (χ1v) is 11.1. The summed E-state index contributed by atoms with van der Waals surface area (Å²) in [6.45, 7) is 1.49. The van der Waals surface area contributed by atoms with Gasteiger partial charge in [-0.3, -0.25) is 14.8 Å². The van der Waals surface area contributed by atoms with Crippen LogP contribution < -0.4 is 5.32 Å². The molecule has 8 nitrogen and oxygen atoms in total. The van der Waals surface area contributed by atoms with E-state index in [1.807, 2.05) is 35.9 Å². The molecule has 2 N–H and O–H groups in total. The van der Waals surface area contributed by atoms with Crippen LogP contribution in [0.25, 0.3) is 11.0 Å². The molecule has 4 aromatic rings. The number of carbonyl (C=O) groups is 1. The predicted octanol–water partition coefficient (Wildman–Crippen LogP) is 2.87. The lowest BCUT2D eigenvalue weighted by atomic mass is 10.1. The number of nitrogens with zero attached hydrogens (tertiary/aromatic N) is 5. The number of likely N-dealkylation sites (tertiary alicyclic amines) is 1. The summed E-state index contributed by atoms with van der Waals surface area (Å²) in [5.41, 5.74) is 2.93. The van der Waals surface area contributed by atoms with Gasteiger partial charge in [0.1, 0.15) is 17.5 Å². The Kier molecular flexibility index (Phi) is 5.87. The maximum Gasteiger partial charge on any atom is 0.234 e. The third kappa shape index (κ3) is 4.63. The molecule has 9 heteroatoms. The summed E-state index contributed by atoms with van der Waals surface area (Å²) in [5, 5.41) is 10.4. The van der Waals surface area contributed by atoms with Crippen molar-refractivity contribution in [2.75, 3.05) is 13.1 Å². The SMILES string of the molecule is Cn1c(CNC(=O)CN2CCC[C@H]2c2n[nH]c(Cc3ccc(F)cc3)n2)nc2ccccc21. The Morgan fingerprint density at radius 2 is 2.00 bits per heavy atom. The van der Waals surface area contributed by atoms with Gasteiger partial charge in [0.2, 0.25) is 5.91 Å². The summed E-state index contributed by atoms with van der Waals surface area (Å²) >= 11 is 0. The Labute approximate surface area is 190 Å². The molecule has 170 valence electrons.